The molecule has 1 aromatic rings. The van der Waals surface area contributed by atoms with E-state index in [0.717, 1.165) is 5.57 Å². The number of carbonyl (C=O) groups excluding carboxylic acids is 1. The number of benzene rings is 1. The Labute approximate surface area is 174 Å². The smallest absolute Gasteiger partial charge is 0.344 e. The number of primary sulfonamides is 1. The highest BCUT2D eigenvalue weighted by molar-refractivity contribution is 7.93. The summed E-state index contributed by atoms with van der Waals surface area (Å²) in [5.41, 5.74) is 1.72. The van der Waals surface area contributed by atoms with Crippen LogP contribution in [0.2, 0.25) is 0 Å². The minimum absolute atomic E-state index is 0.00711. The molecule has 0 aromatic heterocycles. The number of hydrogen-bond acceptors (Lipinski definition) is 7. The van der Waals surface area contributed by atoms with E-state index in [-0.39, 0.29) is 39.3 Å². The van der Waals surface area contributed by atoms with E-state index >= 15 is 0 Å². The van der Waals surface area contributed by atoms with E-state index in [0.29, 0.717) is 24.0 Å². The second kappa shape index (κ2) is 6.92. The quantitative estimate of drug-likeness (QED) is 0.298. The first-order valence-corrected chi connectivity index (χ1v) is 12.1. The second-order valence-corrected chi connectivity index (χ2v) is 10.7. The Morgan fingerprint density at radius 1 is 1.00 bits per heavy atom. The zero-order valence-corrected chi connectivity index (χ0v) is 17.4. The van der Waals surface area contributed by atoms with Gasteiger partial charge in [0.05, 0.1) is 16.2 Å². The van der Waals surface area contributed by atoms with Crippen LogP contribution in [0, 0.1) is 5.21 Å². The number of rotatable bonds is 4. The lowest BCUT2D eigenvalue weighted by atomic mass is 9.83. The molecule has 4 N–H and O–H groups in total. The van der Waals surface area contributed by atoms with Gasteiger partial charge in [-0.2, -0.15) is 4.76 Å². The molecule has 1 heterocycles. The van der Waals surface area contributed by atoms with Crippen LogP contribution in [0.1, 0.15) is 32.1 Å². The topological polar surface area (TPSA) is 164 Å². The molecule has 12 heteroatoms. The molecule has 0 saturated carbocycles. The Kier molecular flexibility index (Phi) is 4.86. The number of hydrazine groups is 1. The van der Waals surface area contributed by atoms with E-state index < -0.39 is 30.7 Å². The van der Waals surface area contributed by atoms with Gasteiger partial charge < -0.3 is 5.21 Å². The van der Waals surface area contributed by atoms with Crippen molar-refractivity contribution in [1.29, 1.82) is 0 Å². The molecule has 1 aromatic carbocycles. The van der Waals surface area contributed by atoms with E-state index in [1.807, 2.05) is 0 Å². The summed E-state index contributed by atoms with van der Waals surface area (Å²) in [6.45, 7) is 0. The van der Waals surface area contributed by atoms with E-state index in [4.69, 9.17) is 11.0 Å². The minimum atomic E-state index is -4.46. The van der Waals surface area contributed by atoms with Crippen molar-refractivity contribution in [2.45, 2.75) is 37.0 Å². The number of allylic oxidation sites excluding steroid dienone is 5. The van der Waals surface area contributed by atoms with Crippen molar-refractivity contribution in [1.82, 2.24) is 4.52 Å². The molecule has 30 heavy (non-hydrogen) atoms. The first-order valence-electron chi connectivity index (χ1n) is 9.14. The summed E-state index contributed by atoms with van der Waals surface area (Å²) >= 11 is 0. The van der Waals surface area contributed by atoms with Gasteiger partial charge in [-0.1, -0.05) is 23.8 Å². The number of nitrogens with zero attached hydrogens (tertiary/aromatic N) is 2. The highest BCUT2D eigenvalue weighted by Crippen LogP contribution is 2.48. The van der Waals surface area contributed by atoms with Crippen LogP contribution in [0.3, 0.4) is 0 Å². The molecule has 160 valence electrons. The van der Waals surface area contributed by atoms with Crippen molar-refractivity contribution in [2.75, 3.05) is 0 Å². The van der Waals surface area contributed by atoms with Gasteiger partial charge in [-0.25, -0.2) is 32.6 Å². The van der Waals surface area contributed by atoms with Crippen LogP contribution in [-0.2, 0) is 24.8 Å². The third-order valence-electron chi connectivity index (χ3n) is 5.66. The maximum atomic E-state index is 13.6. The van der Waals surface area contributed by atoms with Crippen LogP contribution < -0.4 is 11.0 Å². The molecule has 0 bridgehead atoms. The molecule has 1 amide bonds. The van der Waals surface area contributed by atoms with Gasteiger partial charge >= 0.3 is 15.9 Å². The number of hydrogen-bond donors (Lipinski definition) is 2. The number of hydroxylamine groups is 2. The number of nitrogens with two attached hydrogens (primary N) is 2. The largest absolute Gasteiger partial charge is 0.597 e. The molecule has 1 unspecified atom stereocenters. The molecule has 3 aliphatic rings. The first-order chi connectivity index (χ1) is 14.0. The number of amides is 1. The molecule has 10 nitrogen and oxygen atoms in total. The normalized spacial score (nSPS) is 24.8. The van der Waals surface area contributed by atoms with Crippen LogP contribution in [0.4, 0.5) is 0 Å². The van der Waals surface area contributed by atoms with Gasteiger partial charge in [0, 0.05) is 16.5 Å². The van der Waals surface area contributed by atoms with Gasteiger partial charge in [-0.05, 0) is 43.0 Å². The number of sulfonamides is 2. The number of quaternary nitrogens is 1. The minimum Gasteiger partial charge on any atom is -0.597 e. The van der Waals surface area contributed by atoms with Crippen LogP contribution in [0.15, 0.2) is 68.6 Å². The van der Waals surface area contributed by atoms with Crippen LogP contribution in [-0.4, -0.2) is 32.0 Å². The predicted octanol–water partition coefficient (Wildman–Crippen LogP) is 1.02. The lowest BCUT2D eigenvalue weighted by molar-refractivity contribution is -0.869. The van der Waals surface area contributed by atoms with Gasteiger partial charge in [-0.3, -0.25) is 0 Å². The molecule has 0 radical (unpaired) electrons. The molecular weight excluding hydrogens is 432 g/mol. The summed E-state index contributed by atoms with van der Waals surface area (Å²) in [7, 11) is -8.38. The standard InChI is InChI=1S/C18H20N4O6S2/c19-21(30(27,28)13-4-2-1-3-5-13)22(24)17-9-7-12-6-8-14(29(20,25)26)10-15(12)16(17)11-18(22)23/h1-5,10H,6-9,11,19H2,(H2,20,25,26). The van der Waals surface area contributed by atoms with Crippen LogP contribution in [0.5, 0.6) is 0 Å². The first kappa shape index (κ1) is 21.1. The summed E-state index contributed by atoms with van der Waals surface area (Å²) in [5.74, 6) is 4.84. The average molecular weight is 453 g/mol. The van der Waals surface area contributed by atoms with E-state index in [1.54, 1.807) is 6.07 Å². The van der Waals surface area contributed by atoms with Crippen molar-refractivity contribution in [3.05, 3.63) is 68.9 Å². The fourth-order valence-electron chi connectivity index (χ4n) is 4.13. The molecule has 2 aliphatic carbocycles. The second-order valence-electron chi connectivity index (χ2n) is 7.34. The van der Waals surface area contributed by atoms with Gasteiger partial charge in [0.15, 0.2) is 0 Å². The molecule has 0 saturated heterocycles. The van der Waals surface area contributed by atoms with Gasteiger partial charge in [0.25, 0.3) is 0 Å². The molecule has 1 atom stereocenters. The van der Waals surface area contributed by atoms with Crippen molar-refractivity contribution in [3.63, 3.8) is 0 Å². The molecule has 0 fully saturated rings. The Balaban J connectivity index is 1.82. The average Bonchev–Trinajstić information content (AvgIpc) is 2.98. The lowest BCUT2D eigenvalue weighted by Crippen LogP contribution is -2.62. The van der Waals surface area contributed by atoms with E-state index in [9.17, 15) is 26.8 Å². The summed E-state index contributed by atoms with van der Waals surface area (Å²) in [5, 5.41) is 18.9. The number of fused-ring (bicyclic) bond motifs is 1. The van der Waals surface area contributed by atoms with Gasteiger partial charge in [0.1, 0.15) is 5.70 Å². The third kappa shape index (κ3) is 3.08. The fraction of sp³-hybridized carbons (Fsp3) is 0.278. The molecular formula is C18H20N4O6S2. The summed E-state index contributed by atoms with van der Waals surface area (Å²) < 4.78 is 47.5. The maximum Gasteiger partial charge on any atom is 0.344 e. The zero-order chi connectivity index (χ0) is 21.9. The highest BCUT2D eigenvalue weighted by Gasteiger charge is 2.53. The Hall–Kier alpha value is -2.19. The summed E-state index contributed by atoms with van der Waals surface area (Å²) in [6, 6.07) is 7.12. The van der Waals surface area contributed by atoms with Crippen molar-refractivity contribution >= 4 is 26.0 Å². The van der Waals surface area contributed by atoms with Crippen LogP contribution >= 0.6 is 0 Å². The van der Waals surface area contributed by atoms with Crippen molar-refractivity contribution in [3.8, 4) is 0 Å². The highest BCUT2D eigenvalue weighted by atomic mass is 32.2. The monoisotopic (exact) mass is 452 g/mol. The van der Waals surface area contributed by atoms with Crippen LogP contribution in [0.25, 0.3) is 0 Å². The molecule has 4 rings (SSSR count). The Morgan fingerprint density at radius 2 is 1.63 bits per heavy atom. The molecule has 0 spiro atoms. The van der Waals surface area contributed by atoms with Gasteiger partial charge in [-0.15, -0.1) is 0 Å². The summed E-state index contributed by atoms with van der Waals surface area (Å²) in [4.78, 5) is 12.6. The maximum absolute atomic E-state index is 13.6. The number of carbonyl (C=O) groups is 1. The predicted molar refractivity (Wildman–Crippen MR) is 107 cm³/mol. The third-order valence-corrected chi connectivity index (χ3v) is 8.30. The Bertz CT molecular complexity index is 1250. The fourth-order valence-corrected chi connectivity index (χ4v) is 6.00. The summed E-state index contributed by atoms with van der Waals surface area (Å²) in [6.07, 6.45) is 2.28. The van der Waals surface area contributed by atoms with E-state index in [1.165, 1.54) is 30.3 Å². The zero-order valence-electron chi connectivity index (χ0n) is 15.8. The van der Waals surface area contributed by atoms with Crippen molar-refractivity contribution in [2.24, 2.45) is 11.0 Å². The SMILES string of the molecule is NN([N+]1([O-])C(=O)CC2=C1CCC1=C2C=C(S(N)(=O)=O)CC1)S(=O)(=O)c1ccccc1. The lowest BCUT2D eigenvalue weighted by Gasteiger charge is -2.41. The molecule has 1 aliphatic heterocycles. The van der Waals surface area contributed by atoms with Gasteiger partial charge in [0.2, 0.25) is 10.0 Å². The Morgan fingerprint density at radius 3 is 2.27 bits per heavy atom. The van der Waals surface area contributed by atoms with Crippen molar-refractivity contribution < 1.29 is 26.4 Å². The van der Waals surface area contributed by atoms with E-state index in [2.05, 4.69) is 0 Å².